The Hall–Kier alpha value is -1.26. The lowest BCUT2D eigenvalue weighted by Gasteiger charge is -2.35. The van der Waals surface area contributed by atoms with Gasteiger partial charge in [-0.1, -0.05) is 17.7 Å². The Morgan fingerprint density at radius 2 is 2.12 bits per heavy atom. The summed E-state index contributed by atoms with van der Waals surface area (Å²) in [5.41, 5.74) is 0.724. The number of benzene rings is 1. The summed E-state index contributed by atoms with van der Waals surface area (Å²) in [6.45, 7) is 1.69. The SMILES string of the molecule is CN1CCCCN1C(=O)Nc1cccc(Cl)c1. The first-order valence-corrected chi connectivity index (χ1v) is 6.10. The van der Waals surface area contributed by atoms with E-state index in [1.54, 1.807) is 17.1 Å². The normalized spacial score (nSPS) is 16.9. The second kappa shape index (κ2) is 5.38. The fourth-order valence-corrected chi connectivity index (χ4v) is 2.09. The number of urea groups is 1. The topological polar surface area (TPSA) is 35.6 Å². The lowest BCUT2D eigenvalue weighted by atomic mass is 10.2. The van der Waals surface area contributed by atoms with Gasteiger partial charge in [0.2, 0.25) is 0 Å². The van der Waals surface area contributed by atoms with Gasteiger partial charge in [-0.2, -0.15) is 0 Å². The zero-order valence-electron chi connectivity index (χ0n) is 9.82. The Morgan fingerprint density at radius 3 is 2.82 bits per heavy atom. The molecule has 0 spiro atoms. The van der Waals surface area contributed by atoms with Crippen LogP contribution in [-0.4, -0.2) is 36.2 Å². The minimum Gasteiger partial charge on any atom is -0.307 e. The van der Waals surface area contributed by atoms with Crippen molar-refractivity contribution in [1.82, 2.24) is 10.0 Å². The third-order valence-corrected chi connectivity index (χ3v) is 3.06. The number of carbonyl (C=O) groups excluding carboxylic acids is 1. The first-order valence-electron chi connectivity index (χ1n) is 5.72. The van der Waals surface area contributed by atoms with Crippen LogP contribution in [0.3, 0.4) is 0 Å². The van der Waals surface area contributed by atoms with Crippen molar-refractivity contribution < 1.29 is 4.79 Å². The minimum atomic E-state index is -0.102. The van der Waals surface area contributed by atoms with Crippen LogP contribution in [0.2, 0.25) is 5.02 Å². The molecule has 17 heavy (non-hydrogen) atoms. The molecule has 1 saturated heterocycles. The molecule has 5 heteroatoms. The largest absolute Gasteiger partial charge is 0.336 e. The molecule has 0 bridgehead atoms. The second-order valence-corrected chi connectivity index (χ2v) is 4.59. The molecule has 0 aromatic heterocycles. The van der Waals surface area contributed by atoms with Crippen molar-refractivity contribution in [2.45, 2.75) is 12.8 Å². The molecular formula is C12H16ClN3O. The van der Waals surface area contributed by atoms with E-state index >= 15 is 0 Å². The van der Waals surface area contributed by atoms with Crippen molar-refractivity contribution in [3.05, 3.63) is 29.3 Å². The van der Waals surface area contributed by atoms with Crippen molar-refractivity contribution in [1.29, 1.82) is 0 Å². The molecule has 1 aliphatic rings. The van der Waals surface area contributed by atoms with Gasteiger partial charge < -0.3 is 5.32 Å². The van der Waals surface area contributed by atoms with Gasteiger partial charge in [0.15, 0.2) is 0 Å². The minimum absolute atomic E-state index is 0.102. The van der Waals surface area contributed by atoms with Crippen LogP contribution in [0.1, 0.15) is 12.8 Å². The number of hydrogen-bond acceptors (Lipinski definition) is 2. The Balaban J connectivity index is 2.01. The molecule has 1 heterocycles. The summed E-state index contributed by atoms with van der Waals surface area (Å²) < 4.78 is 0. The van der Waals surface area contributed by atoms with Gasteiger partial charge in [0.1, 0.15) is 0 Å². The third-order valence-electron chi connectivity index (χ3n) is 2.82. The van der Waals surface area contributed by atoms with Crippen molar-refractivity contribution >= 4 is 23.3 Å². The Labute approximate surface area is 106 Å². The molecule has 2 amide bonds. The fraction of sp³-hybridized carbons (Fsp3) is 0.417. The van der Waals surface area contributed by atoms with E-state index < -0.39 is 0 Å². The maximum atomic E-state index is 12.0. The summed E-state index contributed by atoms with van der Waals surface area (Å²) in [5.74, 6) is 0. The van der Waals surface area contributed by atoms with E-state index in [2.05, 4.69) is 5.32 Å². The van der Waals surface area contributed by atoms with Crippen LogP contribution in [0.25, 0.3) is 0 Å². The highest BCUT2D eigenvalue weighted by molar-refractivity contribution is 6.30. The van der Waals surface area contributed by atoms with E-state index in [9.17, 15) is 4.79 Å². The van der Waals surface area contributed by atoms with Crippen LogP contribution >= 0.6 is 11.6 Å². The summed E-state index contributed by atoms with van der Waals surface area (Å²) in [6, 6.07) is 7.06. The monoisotopic (exact) mass is 253 g/mol. The molecular weight excluding hydrogens is 238 g/mol. The molecule has 1 aliphatic heterocycles. The summed E-state index contributed by atoms with van der Waals surface area (Å²) >= 11 is 5.87. The quantitative estimate of drug-likeness (QED) is 0.835. The van der Waals surface area contributed by atoms with E-state index in [1.165, 1.54) is 0 Å². The highest BCUT2D eigenvalue weighted by Gasteiger charge is 2.21. The van der Waals surface area contributed by atoms with Gasteiger partial charge in [0, 0.05) is 30.8 Å². The first-order chi connectivity index (χ1) is 8.16. The number of rotatable bonds is 1. The number of carbonyl (C=O) groups is 1. The second-order valence-electron chi connectivity index (χ2n) is 4.15. The number of anilines is 1. The average Bonchev–Trinajstić information content (AvgIpc) is 2.29. The highest BCUT2D eigenvalue weighted by Crippen LogP contribution is 2.16. The molecule has 92 valence electrons. The van der Waals surface area contributed by atoms with Crippen molar-refractivity contribution in [3.63, 3.8) is 0 Å². The van der Waals surface area contributed by atoms with E-state index in [0.717, 1.165) is 31.6 Å². The molecule has 1 N–H and O–H groups in total. The van der Waals surface area contributed by atoms with E-state index in [1.807, 2.05) is 24.2 Å². The van der Waals surface area contributed by atoms with Crippen LogP contribution in [0.4, 0.5) is 10.5 Å². The van der Waals surface area contributed by atoms with E-state index in [0.29, 0.717) is 5.02 Å². The van der Waals surface area contributed by atoms with Gasteiger partial charge in [-0.05, 0) is 31.0 Å². The standard InChI is InChI=1S/C12H16ClN3O/c1-15-7-2-3-8-16(15)12(17)14-11-6-4-5-10(13)9-11/h4-6,9H,2-3,7-8H2,1H3,(H,14,17). The Morgan fingerprint density at radius 1 is 1.35 bits per heavy atom. The molecule has 1 aromatic carbocycles. The summed E-state index contributed by atoms with van der Waals surface area (Å²) in [7, 11) is 1.93. The fourth-order valence-electron chi connectivity index (χ4n) is 1.90. The Bertz CT molecular complexity index is 410. The lowest BCUT2D eigenvalue weighted by molar-refractivity contribution is 0.0191. The molecule has 0 aliphatic carbocycles. The number of halogens is 1. The summed E-state index contributed by atoms with van der Waals surface area (Å²) in [5, 5.41) is 7.14. The number of amides is 2. The van der Waals surface area contributed by atoms with Gasteiger partial charge in [0.05, 0.1) is 0 Å². The van der Waals surface area contributed by atoms with Gasteiger partial charge in [-0.3, -0.25) is 5.01 Å². The zero-order chi connectivity index (χ0) is 12.3. The molecule has 0 radical (unpaired) electrons. The van der Waals surface area contributed by atoms with Crippen LogP contribution in [0.15, 0.2) is 24.3 Å². The number of nitrogens with zero attached hydrogens (tertiary/aromatic N) is 2. The smallest absolute Gasteiger partial charge is 0.307 e. The van der Waals surface area contributed by atoms with E-state index in [4.69, 9.17) is 11.6 Å². The maximum Gasteiger partial charge on any atom is 0.336 e. The number of nitrogens with one attached hydrogen (secondary N) is 1. The molecule has 0 atom stereocenters. The highest BCUT2D eigenvalue weighted by atomic mass is 35.5. The molecule has 1 aromatic rings. The molecule has 0 saturated carbocycles. The van der Waals surface area contributed by atoms with Gasteiger partial charge in [-0.15, -0.1) is 0 Å². The summed E-state index contributed by atoms with van der Waals surface area (Å²) in [6.07, 6.45) is 2.19. The van der Waals surface area contributed by atoms with Gasteiger partial charge in [0.25, 0.3) is 0 Å². The predicted octanol–water partition coefficient (Wildman–Crippen LogP) is 2.81. The van der Waals surface area contributed by atoms with Gasteiger partial charge >= 0.3 is 6.03 Å². The summed E-state index contributed by atoms with van der Waals surface area (Å²) in [4.78, 5) is 12.0. The van der Waals surface area contributed by atoms with Crippen LogP contribution < -0.4 is 5.32 Å². The van der Waals surface area contributed by atoms with Gasteiger partial charge in [-0.25, -0.2) is 9.80 Å². The maximum absolute atomic E-state index is 12.0. The van der Waals surface area contributed by atoms with Crippen molar-refractivity contribution in [2.24, 2.45) is 0 Å². The third kappa shape index (κ3) is 3.11. The first kappa shape index (κ1) is 12.2. The number of hydrogen-bond donors (Lipinski definition) is 1. The lowest BCUT2D eigenvalue weighted by Crippen LogP contribution is -2.49. The molecule has 0 unspecified atom stereocenters. The average molecular weight is 254 g/mol. The molecule has 2 rings (SSSR count). The zero-order valence-corrected chi connectivity index (χ0v) is 10.6. The molecule has 4 nitrogen and oxygen atoms in total. The predicted molar refractivity (Wildman–Crippen MR) is 69.0 cm³/mol. The van der Waals surface area contributed by atoms with Crippen LogP contribution in [0, 0.1) is 0 Å². The molecule has 1 fully saturated rings. The van der Waals surface area contributed by atoms with Crippen LogP contribution in [0.5, 0.6) is 0 Å². The Kier molecular flexibility index (Phi) is 3.86. The van der Waals surface area contributed by atoms with Crippen LogP contribution in [-0.2, 0) is 0 Å². The number of hydrazine groups is 1. The van der Waals surface area contributed by atoms with Crippen molar-refractivity contribution in [3.8, 4) is 0 Å². The van der Waals surface area contributed by atoms with Crippen molar-refractivity contribution in [2.75, 3.05) is 25.5 Å². The van der Waals surface area contributed by atoms with E-state index in [-0.39, 0.29) is 6.03 Å².